The first-order valence-electron chi connectivity index (χ1n) is 8.39. The summed E-state index contributed by atoms with van der Waals surface area (Å²) in [7, 11) is 0. The van der Waals surface area contributed by atoms with Gasteiger partial charge in [-0.25, -0.2) is 4.79 Å². The molecule has 9 heteroatoms. The molecule has 1 atom stereocenters. The number of nitrogens with one attached hydrogen (secondary N) is 1. The fourth-order valence-corrected chi connectivity index (χ4v) is 2.79. The Labute approximate surface area is 154 Å². The topological polar surface area (TPSA) is 100 Å². The minimum absolute atomic E-state index is 0.194. The van der Waals surface area contributed by atoms with Gasteiger partial charge in [-0.3, -0.25) is 4.79 Å². The molecule has 1 unspecified atom stereocenters. The highest BCUT2D eigenvalue weighted by Crippen LogP contribution is 2.34. The molecule has 138 valence electrons. The normalized spacial score (nSPS) is 13.4. The predicted octanol–water partition coefficient (Wildman–Crippen LogP) is 1.04. The van der Waals surface area contributed by atoms with Gasteiger partial charge in [0.05, 0.1) is 11.7 Å². The summed E-state index contributed by atoms with van der Waals surface area (Å²) in [5.41, 5.74) is 0.975. The lowest BCUT2D eigenvalue weighted by molar-refractivity contribution is -0.122. The molecule has 0 aliphatic carbocycles. The van der Waals surface area contributed by atoms with E-state index in [1.807, 2.05) is 25.1 Å². The number of rotatable bonds is 5. The van der Waals surface area contributed by atoms with Crippen LogP contribution in [0.5, 0.6) is 11.5 Å². The molecule has 1 aromatic heterocycles. The second-order valence-corrected chi connectivity index (χ2v) is 6.07. The first kappa shape index (κ1) is 16.8. The van der Waals surface area contributed by atoms with Gasteiger partial charge in [-0.15, -0.1) is 0 Å². The Bertz CT molecular complexity index is 1030. The van der Waals surface area contributed by atoms with Crippen LogP contribution >= 0.6 is 0 Å². The molecule has 0 saturated carbocycles. The number of hydrogen-bond donors (Lipinski definition) is 1. The summed E-state index contributed by atoms with van der Waals surface area (Å²) in [6, 6.07) is 14.1. The van der Waals surface area contributed by atoms with Crippen LogP contribution in [0.25, 0.3) is 5.69 Å². The number of nitrogens with zero attached hydrogens (tertiary/aromatic N) is 4. The standard InChI is InChI=1S/C18H17N5O4/c1-12(13-7-8-15-16(9-13)27-11-26-15)19-17(24)10-22-18(25)23(21-20-22)14-5-3-2-4-6-14/h2-9,12H,10-11H2,1H3,(H,19,24). The van der Waals surface area contributed by atoms with Crippen LogP contribution in [0.3, 0.4) is 0 Å². The number of hydrogen-bond acceptors (Lipinski definition) is 6. The van der Waals surface area contributed by atoms with Gasteiger partial charge in [-0.1, -0.05) is 24.3 Å². The Balaban J connectivity index is 1.44. The third-order valence-corrected chi connectivity index (χ3v) is 4.21. The maximum atomic E-state index is 12.4. The van der Waals surface area contributed by atoms with Crippen molar-refractivity contribution in [2.45, 2.75) is 19.5 Å². The van der Waals surface area contributed by atoms with Gasteiger partial charge in [0, 0.05) is 0 Å². The number of benzene rings is 2. The Kier molecular flexibility index (Phi) is 4.33. The molecule has 0 spiro atoms. The van der Waals surface area contributed by atoms with Crippen molar-refractivity contribution >= 4 is 5.91 Å². The van der Waals surface area contributed by atoms with Crippen molar-refractivity contribution in [2.24, 2.45) is 0 Å². The van der Waals surface area contributed by atoms with Crippen LogP contribution in [0.1, 0.15) is 18.5 Å². The molecular weight excluding hydrogens is 350 g/mol. The SMILES string of the molecule is CC(NC(=O)Cn1nnn(-c2ccccc2)c1=O)c1ccc2c(c1)OCO2. The molecule has 0 fully saturated rings. The van der Waals surface area contributed by atoms with Crippen LogP contribution in [-0.4, -0.2) is 32.5 Å². The second-order valence-electron chi connectivity index (χ2n) is 6.07. The zero-order chi connectivity index (χ0) is 18.8. The molecule has 2 aromatic carbocycles. The molecule has 0 bridgehead atoms. The smallest absolute Gasteiger partial charge is 0.368 e. The Morgan fingerprint density at radius 3 is 2.74 bits per heavy atom. The summed E-state index contributed by atoms with van der Waals surface area (Å²) in [6.45, 7) is 1.82. The molecule has 1 aliphatic rings. The van der Waals surface area contributed by atoms with Gasteiger partial charge >= 0.3 is 5.69 Å². The molecule has 3 aromatic rings. The van der Waals surface area contributed by atoms with Crippen molar-refractivity contribution in [3.05, 3.63) is 64.6 Å². The summed E-state index contributed by atoms with van der Waals surface area (Å²) in [5, 5.41) is 10.4. The minimum Gasteiger partial charge on any atom is -0.454 e. The summed E-state index contributed by atoms with van der Waals surface area (Å²) < 4.78 is 12.8. The molecule has 4 rings (SSSR count). The van der Waals surface area contributed by atoms with Crippen molar-refractivity contribution in [2.75, 3.05) is 6.79 Å². The molecule has 1 aliphatic heterocycles. The first-order valence-corrected chi connectivity index (χ1v) is 8.39. The highest BCUT2D eigenvalue weighted by Gasteiger charge is 2.18. The minimum atomic E-state index is -0.480. The molecular formula is C18H17N5O4. The van der Waals surface area contributed by atoms with E-state index in [1.54, 1.807) is 30.3 Å². The van der Waals surface area contributed by atoms with E-state index >= 15 is 0 Å². The van der Waals surface area contributed by atoms with E-state index in [9.17, 15) is 9.59 Å². The zero-order valence-electron chi connectivity index (χ0n) is 14.5. The van der Waals surface area contributed by atoms with Gasteiger partial charge in [0.25, 0.3) is 0 Å². The van der Waals surface area contributed by atoms with Crippen LogP contribution in [0.2, 0.25) is 0 Å². The number of aromatic nitrogens is 4. The molecule has 1 N–H and O–H groups in total. The van der Waals surface area contributed by atoms with Crippen molar-refractivity contribution in [1.29, 1.82) is 0 Å². The largest absolute Gasteiger partial charge is 0.454 e. The predicted molar refractivity (Wildman–Crippen MR) is 94.7 cm³/mol. The molecule has 9 nitrogen and oxygen atoms in total. The average Bonchev–Trinajstić information content (AvgIpc) is 3.29. The molecule has 0 radical (unpaired) electrons. The van der Waals surface area contributed by atoms with Crippen molar-refractivity contribution < 1.29 is 14.3 Å². The molecule has 0 saturated heterocycles. The van der Waals surface area contributed by atoms with E-state index in [4.69, 9.17) is 9.47 Å². The van der Waals surface area contributed by atoms with Crippen molar-refractivity contribution in [3.63, 3.8) is 0 Å². The van der Waals surface area contributed by atoms with Crippen LogP contribution in [-0.2, 0) is 11.3 Å². The lowest BCUT2D eigenvalue weighted by atomic mass is 10.1. The third kappa shape index (κ3) is 3.39. The second kappa shape index (κ2) is 6.94. The monoisotopic (exact) mass is 367 g/mol. The Morgan fingerprint density at radius 2 is 1.93 bits per heavy atom. The van der Waals surface area contributed by atoms with Crippen molar-refractivity contribution in [3.8, 4) is 17.2 Å². The number of ether oxygens (including phenoxy) is 2. The van der Waals surface area contributed by atoms with E-state index in [-0.39, 0.29) is 25.3 Å². The van der Waals surface area contributed by atoms with E-state index < -0.39 is 5.69 Å². The van der Waals surface area contributed by atoms with Crippen LogP contribution in [0.15, 0.2) is 53.3 Å². The van der Waals surface area contributed by atoms with Gasteiger partial charge in [0.15, 0.2) is 11.5 Å². The van der Waals surface area contributed by atoms with E-state index in [2.05, 4.69) is 15.7 Å². The third-order valence-electron chi connectivity index (χ3n) is 4.21. The zero-order valence-corrected chi connectivity index (χ0v) is 14.5. The highest BCUT2D eigenvalue weighted by atomic mass is 16.7. The van der Waals surface area contributed by atoms with Gasteiger partial charge in [-0.2, -0.15) is 9.36 Å². The Morgan fingerprint density at radius 1 is 1.15 bits per heavy atom. The first-order chi connectivity index (χ1) is 13.1. The summed E-state index contributed by atoms with van der Waals surface area (Å²) in [4.78, 5) is 24.7. The van der Waals surface area contributed by atoms with Gasteiger partial charge < -0.3 is 14.8 Å². The van der Waals surface area contributed by atoms with Crippen LogP contribution in [0, 0.1) is 0 Å². The fourth-order valence-electron chi connectivity index (χ4n) is 2.79. The van der Waals surface area contributed by atoms with Gasteiger partial charge in [0.1, 0.15) is 6.54 Å². The average molecular weight is 367 g/mol. The summed E-state index contributed by atoms with van der Waals surface area (Å²) in [5.74, 6) is 0.986. The summed E-state index contributed by atoms with van der Waals surface area (Å²) >= 11 is 0. The van der Waals surface area contributed by atoms with Gasteiger partial charge in [0.2, 0.25) is 12.7 Å². The lowest BCUT2D eigenvalue weighted by Gasteiger charge is -2.14. The molecule has 1 amide bonds. The number of fused-ring (bicyclic) bond motifs is 1. The maximum absolute atomic E-state index is 12.4. The highest BCUT2D eigenvalue weighted by molar-refractivity contribution is 5.76. The van der Waals surface area contributed by atoms with Crippen LogP contribution in [0.4, 0.5) is 0 Å². The van der Waals surface area contributed by atoms with E-state index in [0.717, 1.165) is 14.9 Å². The fraction of sp³-hybridized carbons (Fsp3) is 0.222. The number of tetrazole rings is 1. The number of para-hydroxylation sites is 1. The Hall–Kier alpha value is -3.62. The lowest BCUT2D eigenvalue weighted by Crippen LogP contribution is -2.34. The maximum Gasteiger partial charge on any atom is 0.368 e. The van der Waals surface area contributed by atoms with Gasteiger partial charge in [-0.05, 0) is 47.2 Å². The summed E-state index contributed by atoms with van der Waals surface area (Å²) in [6.07, 6.45) is 0. The number of carbonyl (C=O) groups excluding carboxylic acids is 1. The number of carbonyl (C=O) groups is 1. The quantitative estimate of drug-likeness (QED) is 0.723. The van der Waals surface area contributed by atoms with E-state index in [0.29, 0.717) is 17.2 Å². The molecule has 2 heterocycles. The number of amides is 1. The van der Waals surface area contributed by atoms with Crippen molar-refractivity contribution in [1.82, 2.24) is 25.1 Å². The van der Waals surface area contributed by atoms with E-state index in [1.165, 1.54) is 0 Å². The molecule has 27 heavy (non-hydrogen) atoms. The van der Waals surface area contributed by atoms with Crippen LogP contribution < -0.4 is 20.5 Å².